The summed E-state index contributed by atoms with van der Waals surface area (Å²) in [6.45, 7) is 2.05. The fourth-order valence-corrected chi connectivity index (χ4v) is 3.38. The lowest BCUT2D eigenvalue weighted by atomic mass is 9.99. The summed E-state index contributed by atoms with van der Waals surface area (Å²) in [6.07, 6.45) is 1.74. The molecule has 0 aliphatic heterocycles. The number of aromatic amines is 1. The zero-order chi connectivity index (χ0) is 21.1. The van der Waals surface area contributed by atoms with E-state index in [9.17, 15) is 10.1 Å². The number of nitriles is 1. The maximum absolute atomic E-state index is 12.2. The fraction of sp³-hybridized carbons (Fsp3) is 0.125. The van der Waals surface area contributed by atoms with Crippen molar-refractivity contribution in [2.75, 3.05) is 7.11 Å². The second-order valence-electron chi connectivity index (χ2n) is 6.86. The van der Waals surface area contributed by atoms with Gasteiger partial charge in [0.1, 0.15) is 29.7 Å². The zero-order valence-electron chi connectivity index (χ0n) is 16.6. The molecule has 0 radical (unpaired) electrons. The summed E-state index contributed by atoms with van der Waals surface area (Å²) in [5.74, 6) is 1.36. The molecule has 30 heavy (non-hydrogen) atoms. The van der Waals surface area contributed by atoms with E-state index in [1.807, 2.05) is 54.6 Å². The first kappa shape index (κ1) is 19.2. The highest BCUT2D eigenvalue weighted by atomic mass is 16.5. The lowest BCUT2D eigenvalue weighted by molar-refractivity contribution is 0.297. The molecule has 0 spiro atoms. The highest BCUT2D eigenvalue weighted by Crippen LogP contribution is 2.29. The Morgan fingerprint density at radius 1 is 1.13 bits per heavy atom. The minimum absolute atomic E-state index is 0.0817. The Morgan fingerprint density at radius 2 is 2.00 bits per heavy atom. The lowest BCUT2D eigenvalue weighted by Crippen LogP contribution is -2.12. The van der Waals surface area contributed by atoms with Gasteiger partial charge in [-0.25, -0.2) is 0 Å². The van der Waals surface area contributed by atoms with E-state index in [0.29, 0.717) is 22.8 Å². The van der Waals surface area contributed by atoms with Crippen LogP contribution in [0, 0.1) is 18.3 Å². The van der Waals surface area contributed by atoms with Gasteiger partial charge in [-0.15, -0.1) is 0 Å². The van der Waals surface area contributed by atoms with Crippen molar-refractivity contribution in [2.45, 2.75) is 13.5 Å². The maximum atomic E-state index is 12.2. The molecule has 6 nitrogen and oxygen atoms in total. The first-order valence-electron chi connectivity index (χ1n) is 9.38. The smallest absolute Gasteiger partial charge is 0.266 e. The molecule has 148 valence electrons. The summed E-state index contributed by atoms with van der Waals surface area (Å²) in [5, 5.41) is 10.5. The average molecular weight is 397 g/mol. The zero-order valence-corrected chi connectivity index (χ0v) is 16.6. The summed E-state index contributed by atoms with van der Waals surface area (Å²) in [7, 11) is 1.59. The van der Waals surface area contributed by atoms with Gasteiger partial charge in [0.2, 0.25) is 0 Å². The number of fused-ring (bicyclic) bond motifs is 1. The number of pyridine rings is 2. The van der Waals surface area contributed by atoms with Crippen molar-refractivity contribution in [2.24, 2.45) is 0 Å². The van der Waals surface area contributed by atoms with Gasteiger partial charge in [-0.05, 0) is 48.9 Å². The first-order valence-corrected chi connectivity index (χ1v) is 9.38. The van der Waals surface area contributed by atoms with Crippen LogP contribution in [-0.2, 0) is 6.61 Å². The van der Waals surface area contributed by atoms with Crippen molar-refractivity contribution in [1.82, 2.24) is 9.97 Å². The SMILES string of the molecule is COc1ccc(-c2cc(C)[nH]c(=O)c2C#N)cc1COc1ccc2cccnc2c1. The van der Waals surface area contributed by atoms with Crippen molar-refractivity contribution < 1.29 is 9.47 Å². The Hall–Kier alpha value is -4.11. The van der Waals surface area contributed by atoms with Crippen LogP contribution < -0.4 is 15.0 Å². The van der Waals surface area contributed by atoms with Crippen LogP contribution in [0.2, 0.25) is 0 Å². The van der Waals surface area contributed by atoms with Crippen LogP contribution in [0.25, 0.3) is 22.0 Å². The number of nitrogens with one attached hydrogen (secondary N) is 1. The number of H-pyrrole nitrogens is 1. The van der Waals surface area contributed by atoms with Gasteiger partial charge in [-0.1, -0.05) is 12.1 Å². The predicted octanol–water partition coefficient (Wildman–Crippen LogP) is 4.36. The van der Waals surface area contributed by atoms with E-state index in [1.165, 1.54) is 0 Å². The molecule has 0 fully saturated rings. The Kier molecular flexibility index (Phi) is 5.19. The molecule has 2 aromatic heterocycles. The lowest BCUT2D eigenvalue weighted by Gasteiger charge is -2.13. The molecule has 1 N–H and O–H groups in total. The van der Waals surface area contributed by atoms with Crippen LogP contribution >= 0.6 is 0 Å². The van der Waals surface area contributed by atoms with Crippen molar-refractivity contribution in [3.05, 3.63) is 88.0 Å². The number of ether oxygens (including phenoxy) is 2. The van der Waals surface area contributed by atoms with Gasteiger partial charge in [-0.2, -0.15) is 5.26 Å². The fourth-order valence-electron chi connectivity index (χ4n) is 3.38. The quantitative estimate of drug-likeness (QED) is 0.541. The number of aryl methyl sites for hydroxylation is 1. The second-order valence-corrected chi connectivity index (χ2v) is 6.86. The Morgan fingerprint density at radius 3 is 2.80 bits per heavy atom. The van der Waals surface area contributed by atoms with E-state index in [2.05, 4.69) is 9.97 Å². The molecule has 0 unspecified atom stereocenters. The van der Waals surface area contributed by atoms with Crippen LogP contribution in [0.15, 0.2) is 65.6 Å². The highest BCUT2D eigenvalue weighted by molar-refractivity contribution is 5.79. The third-order valence-electron chi connectivity index (χ3n) is 4.84. The Balaban J connectivity index is 1.68. The van der Waals surface area contributed by atoms with E-state index < -0.39 is 5.56 Å². The van der Waals surface area contributed by atoms with E-state index in [4.69, 9.17) is 9.47 Å². The molecule has 0 aliphatic rings. The molecular weight excluding hydrogens is 378 g/mol. The number of aromatic nitrogens is 2. The monoisotopic (exact) mass is 397 g/mol. The highest BCUT2D eigenvalue weighted by Gasteiger charge is 2.13. The van der Waals surface area contributed by atoms with Crippen molar-refractivity contribution in [1.29, 1.82) is 5.26 Å². The molecular formula is C24H19N3O3. The molecule has 4 rings (SSSR count). The molecule has 0 aliphatic carbocycles. The van der Waals surface area contributed by atoms with Gasteiger partial charge in [0.05, 0.1) is 12.6 Å². The number of hydrogen-bond donors (Lipinski definition) is 1. The number of rotatable bonds is 5. The van der Waals surface area contributed by atoms with E-state index in [1.54, 1.807) is 26.3 Å². The van der Waals surface area contributed by atoms with E-state index in [-0.39, 0.29) is 12.2 Å². The molecule has 6 heteroatoms. The van der Waals surface area contributed by atoms with Gasteiger partial charge in [-0.3, -0.25) is 9.78 Å². The standard InChI is InChI=1S/C24H19N3O3/c1-15-10-20(21(13-25)24(28)27-15)17-6-8-23(29-2)18(11-17)14-30-19-7-5-16-4-3-9-26-22(16)12-19/h3-12H,14H2,1-2H3,(H,27,28). The molecule has 2 heterocycles. The average Bonchev–Trinajstić information content (AvgIpc) is 2.77. The number of methoxy groups -OCH3 is 1. The summed E-state index contributed by atoms with van der Waals surface area (Å²) in [4.78, 5) is 19.2. The molecule has 4 aromatic rings. The van der Waals surface area contributed by atoms with E-state index in [0.717, 1.165) is 22.0 Å². The van der Waals surface area contributed by atoms with Crippen LogP contribution in [0.3, 0.4) is 0 Å². The number of hydrogen-bond acceptors (Lipinski definition) is 5. The third-order valence-corrected chi connectivity index (χ3v) is 4.84. The summed E-state index contributed by atoms with van der Waals surface area (Å²) in [5.41, 5.74) is 3.36. The molecule has 0 saturated carbocycles. The number of benzene rings is 2. The number of nitrogens with zero attached hydrogens (tertiary/aromatic N) is 2. The van der Waals surface area contributed by atoms with Gasteiger partial charge in [0, 0.05) is 34.5 Å². The van der Waals surface area contributed by atoms with Crippen molar-refractivity contribution >= 4 is 10.9 Å². The van der Waals surface area contributed by atoms with Crippen molar-refractivity contribution in [3.8, 4) is 28.7 Å². The molecule has 0 bridgehead atoms. The topological polar surface area (TPSA) is 88.0 Å². The first-order chi connectivity index (χ1) is 14.6. The molecule has 2 aromatic carbocycles. The van der Waals surface area contributed by atoms with Gasteiger partial charge < -0.3 is 14.5 Å². The van der Waals surface area contributed by atoms with Gasteiger partial charge >= 0.3 is 0 Å². The van der Waals surface area contributed by atoms with E-state index >= 15 is 0 Å². The van der Waals surface area contributed by atoms with Gasteiger partial charge in [0.25, 0.3) is 5.56 Å². The Labute approximate surface area is 173 Å². The second kappa shape index (κ2) is 8.10. The largest absolute Gasteiger partial charge is 0.496 e. The normalized spacial score (nSPS) is 10.6. The summed E-state index contributed by atoms with van der Waals surface area (Å²) in [6, 6.07) is 19.0. The molecule has 0 amide bonds. The maximum Gasteiger partial charge on any atom is 0.266 e. The van der Waals surface area contributed by atoms with Crippen molar-refractivity contribution in [3.63, 3.8) is 0 Å². The van der Waals surface area contributed by atoms with Crippen LogP contribution in [0.1, 0.15) is 16.8 Å². The van der Waals surface area contributed by atoms with Crippen LogP contribution in [-0.4, -0.2) is 17.1 Å². The van der Waals surface area contributed by atoms with Crippen LogP contribution in [0.5, 0.6) is 11.5 Å². The minimum atomic E-state index is -0.398. The minimum Gasteiger partial charge on any atom is -0.496 e. The summed E-state index contributed by atoms with van der Waals surface area (Å²) < 4.78 is 11.5. The molecule has 0 saturated heterocycles. The third kappa shape index (κ3) is 3.74. The van der Waals surface area contributed by atoms with Gasteiger partial charge in [0.15, 0.2) is 0 Å². The summed E-state index contributed by atoms with van der Waals surface area (Å²) >= 11 is 0. The Bertz CT molecular complexity index is 1340. The molecule has 0 atom stereocenters. The van der Waals surface area contributed by atoms with Crippen LogP contribution in [0.4, 0.5) is 0 Å². The predicted molar refractivity (Wildman–Crippen MR) is 115 cm³/mol.